The standard InChI is InChI=1S/C22H24N6O2S/c1-29-18-11-16(12-19(13-18)30-2)14-26-6-8-27(9-7-26)21-4-3-20-23-24-22(28(20)25-21)17-5-10-31-15-17/h3-5,10-13,15H,6-9,14H2,1-2H3. The summed E-state index contributed by atoms with van der Waals surface area (Å²) in [6, 6.07) is 12.1. The average molecular weight is 437 g/mol. The Bertz CT molecular complexity index is 1150. The molecule has 0 bridgehead atoms. The summed E-state index contributed by atoms with van der Waals surface area (Å²) in [6.07, 6.45) is 0. The minimum atomic E-state index is 0.760. The Balaban J connectivity index is 1.28. The van der Waals surface area contributed by atoms with Crippen molar-refractivity contribution in [1.82, 2.24) is 24.7 Å². The van der Waals surface area contributed by atoms with Crippen molar-refractivity contribution < 1.29 is 9.47 Å². The molecule has 1 saturated heterocycles. The Kier molecular flexibility index (Phi) is 5.44. The van der Waals surface area contributed by atoms with Crippen LogP contribution in [0.3, 0.4) is 0 Å². The van der Waals surface area contributed by atoms with Crippen LogP contribution in [0.5, 0.6) is 11.5 Å². The third-order valence-electron chi connectivity index (χ3n) is 5.54. The van der Waals surface area contributed by atoms with Crippen LogP contribution in [0.25, 0.3) is 17.0 Å². The lowest BCUT2D eigenvalue weighted by atomic mass is 10.1. The van der Waals surface area contributed by atoms with E-state index in [4.69, 9.17) is 14.6 Å². The molecule has 1 fully saturated rings. The molecule has 5 rings (SSSR count). The van der Waals surface area contributed by atoms with Gasteiger partial charge in [0.05, 0.1) is 14.2 Å². The smallest absolute Gasteiger partial charge is 0.186 e. The van der Waals surface area contributed by atoms with Gasteiger partial charge in [-0.05, 0) is 41.3 Å². The lowest BCUT2D eigenvalue weighted by molar-refractivity contribution is 0.248. The first-order valence-corrected chi connectivity index (χ1v) is 11.1. The summed E-state index contributed by atoms with van der Waals surface area (Å²) >= 11 is 1.64. The first-order valence-electron chi connectivity index (χ1n) is 10.2. The maximum Gasteiger partial charge on any atom is 0.186 e. The fourth-order valence-corrected chi connectivity index (χ4v) is 4.50. The largest absolute Gasteiger partial charge is 0.497 e. The lowest BCUT2D eigenvalue weighted by Gasteiger charge is -2.35. The molecule has 0 radical (unpaired) electrons. The van der Waals surface area contributed by atoms with Gasteiger partial charge < -0.3 is 14.4 Å². The molecule has 9 heteroatoms. The van der Waals surface area contributed by atoms with Gasteiger partial charge in [0, 0.05) is 49.7 Å². The number of ether oxygens (including phenoxy) is 2. The highest BCUT2D eigenvalue weighted by Crippen LogP contribution is 2.25. The van der Waals surface area contributed by atoms with Crippen molar-refractivity contribution in [2.45, 2.75) is 6.54 Å². The first-order chi connectivity index (χ1) is 15.2. The van der Waals surface area contributed by atoms with Crippen LogP contribution < -0.4 is 14.4 Å². The Labute approximate surface area is 184 Å². The highest BCUT2D eigenvalue weighted by atomic mass is 32.1. The Morgan fingerprint density at radius 3 is 2.39 bits per heavy atom. The fourth-order valence-electron chi connectivity index (χ4n) is 3.87. The number of hydrogen-bond donors (Lipinski definition) is 0. The molecule has 160 valence electrons. The van der Waals surface area contributed by atoms with Crippen molar-refractivity contribution in [3.05, 3.63) is 52.7 Å². The number of nitrogens with zero attached hydrogens (tertiary/aromatic N) is 6. The van der Waals surface area contributed by atoms with Crippen LogP contribution in [0.1, 0.15) is 5.56 Å². The average Bonchev–Trinajstić information content (AvgIpc) is 3.48. The van der Waals surface area contributed by atoms with Crippen LogP contribution in [0.15, 0.2) is 47.2 Å². The topological polar surface area (TPSA) is 68.0 Å². The lowest BCUT2D eigenvalue weighted by Crippen LogP contribution is -2.46. The number of methoxy groups -OCH3 is 2. The van der Waals surface area contributed by atoms with E-state index in [1.165, 1.54) is 5.56 Å². The predicted molar refractivity (Wildman–Crippen MR) is 121 cm³/mol. The normalized spacial score (nSPS) is 14.8. The first kappa shape index (κ1) is 19.8. The summed E-state index contributed by atoms with van der Waals surface area (Å²) in [5, 5.41) is 17.5. The van der Waals surface area contributed by atoms with Crippen molar-refractivity contribution in [3.63, 3.8) is 0 Å². The molecule has 4 aromatic rings. The molecule has 0 unspecified atom stereocenters. The number of aromatic nitrogens is 4. The molecule has 1 aromatic carbocycles. The molecule has 0 aliphatic carbocycles. The monoisotopic (exact) mass is 436 g/mol. The van der Waals surface area contributed by atoms with Crippen LogP contribution in [-0.2, 0) is 6.54 Å². The van der Waals surface area contributed by atoms with E-state index in [0.29, 0.717) is 0 Å². The third-order valence-corrected chi connectivity index (χ3v) is 6.23. The van der Waals surface area contributed by atoms with Crippen molar-refractivity contribution in [3.8, 4) is 22.9 Å². The number of piperazine rings is 1. The zero-order chi connectivity index (χ0) is 21.2. The summed E-state index contributed by atoms with van der Waals surface area (Å²) in [5.74, 6) is 3.37. The Morgan fingerprint density at radius 2 is 1.71 bits per heavy atom. The molecule has 4 heterocycles. The van der Waals surface area contributed by atoms with Gasteiger partial charge in [-0.25, -0.2) is 0 Å². The van der Waals surface area contributed by atoms with E-state index in [2.05, 4.69) is 37.5 Å². The quantitative estimate of drug-likeness (QED) is 0.460. The van der Waals surface area contributed by atoms with E-state index >= 15 is 0 Å². The van der Waals surface area contributed by atoms with Crippen LogP contribution in [0.4, 0.5) is 5.82 Å². The number of thiophene rings is 1. The van der Waals surface area contributed by atoms with E-state index < -0.39 is 0 Å². The molecule has 3 aromatic heterocycles. The number of fused-ring (bicyclic) bond motifs is 1. The highest BCUT2D eigenvalue weighted by molar-refractivity contribution is 7.08. The van der Waals surface area contributed by atoms with Gasteiger partial charge in [-0.2, -0.15) is 15.9 Å². The molecule has 31 heavy (non-hydrogen) atoms. The molecular weight excluding hydrogens is 412 g/mol. The number of benzene rings is 1. The summed E-state index contributed by atoms with van der Waals surface area (Å²) in [5.41, 5.74) is 2.99. The second kappa shape index (κ2) is 8.52. The van der Waals surface area contributed by atoms with E-state index in [1.54, 1.807) is 25.6 Å². The molecular formula is C22H24N6O2S. The molecule has 0 atom stereocenters. The molecule has 0 saturated carbocycles. The van der Waals surface area contributed by atoms with Gasteiger partial charge in [0.25, 0.3) is 0 Å². The maximum atomic E-state index is 5.40. The third kappa shape index (κ3) is 4.06. The Hall–Kier alpha value is -3.17. The van der Waals surface area contributed by atoms with Gasteiger partial charge in [-0.1, -0.05) is 0 Å². The van der Waals surface area contributed by atoms with Crippen LogP contribution in [0, 0.1) is 0 Å². The second-order valence-electron chi connectivity index (χ2n) is 7.48. The molecule has 1 aliphatic heterocycles. The van der Waals surface area contributed by atoms with Gasteiger partial charge in [-0.3, -0.25) is 4.90 Å². The summed E-state index contributed by atoms with van der Waals surface area (Å²) in [4.78, 5) is 4.76. The fraction of sp³-hybridized carbons (Fsp3) is 0.318. The van der Waals surface area contributed by atoms with Crippen molar-refractivity contribution >= 4 is 22.8 Å². The van der Waals surface area contributed by atoms with Crippen LogP contribution >= 0.6 is 11.3 Å². The van der Waals surface area contributed by atoms with Gasteiger partial charge in [0.1, 0.15) is 17.3 Å². The van der Waals surface area contributed by atoms with E-state index in [0.717, 1.165) is 67.1 Å². The molecule has 8 nitrogen and oxygen atoms in total. The second-order valence-corrected chi connectivity index (χ2v) is 8.26. The minimum Gasteiger partial charge on any atom is -0.497 e. The van der Waals surface area contributed by atoms with E-state index in [1.807, 2.05) is 34.2 Å². The number of rotatable bonds is 6. The van der Waals surface area contributed by atoms with E-state index in [9.17, 15) is 0 Å². The van der Waals surface area contributed by atoms with Crippen molar-refractivity contribution in [2.24, 2.45) is 0 Å². The summed E-state index contributed by atoms with van der Waals surface area (Å²) in [7, 11) is 3.36. The summed E-state index contributed by atoms with van der Waals surface area (Å²) < 4.78 is 12.6. The number of anilines is 1. The molecule has 1 aliphatic rings. The molecule has 0 amide bonds. The molecule has 0 spiro atoms. The van der Waals surface area contributed by atoms with Gasteiger partial charge in [0.2, 0.25) is 0 Å². The van der Waals surface area contributed by atoms with Crippen LogP contribution in [-0.4, -0.2) is 65.1 Å². The predicted octanol–water partition coefficient (Wildman–Crippen LogP) is 3.19. The van der Waals surface area contributed by atoms with Crippen molar-refractivity contribution in [2.75, 3.05) is 45.3 Å². The summed E-state index contributed by atoms with van der Waals surface area (Å²) in [6.45, 7) is 4.60. The molecule has 0 N–H and O–H groups in total. The SMILES string of the molecule is COc1cc(CN2CCN(c3ccc4nnc(-c5ccsc5)n4n3)CC2)cc(OC)c1. The van der Waals surface area contributed by atoms with Crippen LogP contribution in [0.2, 0.25) is 0 Å². The highest BCUT2D eigenvalue weighted by Gasteiger charge is 2.20. The maximum absolute atomic E-state index is 5.40. The number of hydrogen-bond acceptors (Lipinski definition) is 8. The Morgan fingerprint density at radius 1 is 0.935 bits per heavy atom. The van der Waals surface area contributed by atoms with Gasteiger partial charge >= 0.3 is 0 Å². The van der Waals surface area contributed by atoms with Crippen molar-refractivity contribution in [1.29, 1.82) is 0 Å². The van der Waals surface area contributed by atoms with Gasteiger partial charge in [0.15, 0.2) is 11.5 Å². The zero-order valence-electron chi connectivity index (χ0n) is 17.6. The van der Waals surface area contributed by atoms with E-state index in [-0.39, 0.29) is 0 Å². The minimum absolute atomic E-state index is 0.760. The van der Waals surface area contributed by atoms with Gasteiger partial charge in [-0.15, -0.1) is 15.3 Å². The zero-order valence-corrected chi connectivity index (χ0v) is 18.4.